The maximum atomic E-state index is 12.3. The normalized spacial score (nSPS) is 10.8. The highest BCUT2D eigenvalue weighted by Gasteiger charge is 2.11. The molecule has 0 saturated heterocycles. The zero-order valence-corrected chi connectivity index (χ0v) is 18.1. The molecule has 0 fully saturated rings. The number of rotatable bonds is 10. The second-order valence-electron chi connectivity index (χ2n) is 6.47. The SMILES string of the molecule is COc1cc(/C=C(\C#N)C(=O)NCc2ccco2)ccc1OCCOc1ccccc1Cl. The van der Waals surface area contributed by atoms with Crippen LogP contribution in [0.15, 0.2) is 70.9 Å². The average molecular weight is 453 g/mol. The lowest BCUT2D eigenvalue weighted by atomic mass is 10.1. The predicted octanol–water partition coefficient (Wildman–Crippen LogP) is 4.62. The maximum Gasteiger partial charge on any atom is 0.262 e. The third-order valence-corrected chi connectivity index (χ3v) is 4.61. The lowest BCUT2D eigenvalue weighted by Crippen LogP contribution is -2.23. The van der Waals surface area contributed by atoms with Crippen LogP contribution in [0.4, 0.5) is 0 Å². The number of nitrogens with one attached hydrogen (secondary N) is 1. The number of amides is 1. The predicted molar refractivity (Wildman–Crippen MR) is 120 cm³/mol. The molecule has 8 heteroatoms. The van der Waals surface area contributed by atoms with Crippen LogP contribution < -0.4 is 19.5 Å². The molecule has 0 radical (unpaired) electrons. The number of hydrogen-bond acceptors (Lipinski definition) is 6. The number of nitrogens with zero attached hydrogens (tertiary/aromatic N) is 1. The summed E-state index contributed by atoms with van der Waals surface area (Å²) in [4.78, 5) is 12.3. The quantitative estimate of drug-likeness (QED) is 0.274. The molecule has 1 amide bonds. The third-order valence-electron chi connectivity index (χ3n) is 4.30. The van der Waals surface area contributed by atoms with Gasteiger partial charge < -0.3 is 23.9 Å². The number of ether oxygens (including phenoxy) is 3. The molecule has 0 aliphatic carbocycles. The number of carbonyl (C=O) groups excluding carboxylic acids is 1. The summed E-state index contributed by atoms with van der Waals surface area (Å²) in [5.74, 6) is 1.65. The van der Waals surface area contributed by atoms with Gasteiger partial charge in [-0.25, -0.2) is 0 Å². The molecule has 3 rings (SSSR count). The molecular weight excluding hydrogens is 432 g/mol. The highest BCUT2D eigenvalue weighted by atomic mass is 35.5. The summed E-state index contributed by atoms with van der Waals surface area (Å²) >= 11 is 6.06. The minimum absolute atomic E-state index is 0.0413. The molecule has 0 aliphatic rings. The number of halogens is 1. The van der Waals surface area contributed by atoms with Crippen molar-refractivity contribution in [3.05, 3.63) is 82.8 Å². The maximum absolute atomic E-state index is 12.3. The Labute approximate surface area is 190 Å². The molecule has 0 spiro atoms. The van der Waals surface area contributed by atoms with Gasteiger partial charge in [0.15, 0.2) is 11.5 Å². The van der Waals surface area contributed by atoms with Crippen LogP contribution in [0, 0.1) is 11.3 Å². The first-order valence-electron chi connectivity index (χ1n) is 9.71. The summed E-state index contributed by atoms with van der Waals surface area (Å²) < 4.78 is 21.9. The van der Waals surface area contributed by atoms with Crippen molar-refractivity contribution in [2.24, 2.45) is 0 Å². The number of para-hydroxylation sites is 1. The van der Waals surface area contributed by atoms with Gasteiger partial charge in [-0.3, -0.25) is 4.79 Å². The van der Waals surface area contributed by atoms with Crippen LogP contribution in [-0.2, 0) is 11.3 Å². The first-order valence-corrected chi connectivity index (χ1v) is 10.1. The van der Waals surface area contributed by atoms with Crippen molar-refractivity contribution in [2.75, 3.05) is 20.3 Å². The Morgan fingerprint density at radius 2 is 1.88 bits per heavy atom. The summed E-state index contributed by atoms with van der Waals surface area (Å²) in [6.07, 6.45) is 2.99. The third kappa shape index (κ3) is 6.30. The minimum atomic E-state index is -0.500. The molecule has 0 atom stereocenters. The van der Waals surface area contributed by atoms with E-state index in [-0.39, 0.29) is 18.7 Å². The fraction of sp³-hybridized carbons (Fsp3) is 0.167. The minimum Gasteiger partial charge on any atom is -0.493 e. The number of benzene rings is 2. The largest absolute Gasteiger partial charge is 0.493 e. The number of hydrogen-bond donors (Lipinski definition) is 1. The molecule has 0 unspecified atom stereocenters. The van der Waals surface area contributed by atoms with Gasteiger partial charge in [0.1, 0.15) is 36.4 Å². The molecule has 1 heterocycles. The molecule has 0 saturated carbocycles. The first-order chi connectivity index (χ1) is 15.6. The lowest BCUT2D eigenvalue weighted by Gasteiger charge is -2.12. The Morgan fingerprint density at radius 3 is 2.56 bits per heavy atom. The van der Waals surface area contributed by atoms with Crippen molar-refractivity contribution in [3.8, 4) is 23.3 Å². The highest BCUT2D eigenvalue weighted by molar-refractivity contribution is 6.32. The van der Waals surface area contributed by atoms with Gasteiger partial charge in [0.2, 0.25) is 0 Å². The van der Waals surface area contributed by atoms with E-state index in [4.69, 9.17) is 30.2 Å². The number of furan rings is 1. The van der Waals surface area contributed by atoms with Gasteiger partial charge in [-0.2, -0.15) is 5.26 Å². The number of carbonyl (C=O) groups is 1. The van der Waals surface area contributed by atoms with Gasteiger partial charge in [-0.05, 0) is 48.0 Å². The zero-order valence-electron chi connectivity index (χ0n) is 17.3. The Bertz CT molecular complexity index is 1120. The van der Waals surface area contributed by atoms with E-state index in [1.54, 1.807) is 42.5 Å². The van der Waals surface area contributed by atoms with Crippen LogP contribution >= 0.6 is 11.6 Å². The van der Waals surface area contributed by atoms with Gasteiger partial charge >= 0.3 is 0 Å². The molecule has 7 nitrogen and oxygen atoms in total. The van der Waals surface area contributed by atoms with Gasteiger partial charge in [0, 0.05) is 0 Å². The summed E-state index contributed by atoms with van der Waals surface area (Å²) in [5, 5.41) is 12.5. The smallest absolute Gasteiger partial charge is 0.262 e. The van der Waals surface area contributed by atoms with Gasteiger partial charge in [-0.15, -0.1) is 0 Å². The molecular formula is C24H21ClN2O5. The molecule has 0 bridgehead atoms. The molecule has 1 N–H and O–H groups in total. The molecule has 1 aromatic heterocycles. The van der Waals surface area contributed by atoms with Crippen LogP contribution in [-0.4, -0.2) is 26.2 Å². The van der Waals surface area contributed by atoms with Crippen molar-refractivity contribution in [2.45, 2.75) is 6.54 Å². The van der Waals surface area contributed by atoms with E-state index in [0.717, 1.165) is 0 Å². The van der Waals surface area contributed by atoms with Gasteiger partial charge in [0.05, 0.1) is 24.9 Å². The van der Waals surface area contributed by atoms with Crippen molar-refractivity contribution in [3.63, 3.8) is 0 Å². The van der Waals surface area contributed by atoms with Crippen LogP contribution in [0.25, 0.3) is 6.08 Å². The molecule has 2 aromatic carbocycles. The average Bonchev–Trinajstić information content (AvgIpc) is 3.34. The van der Waals surface area contributed by atoms with E-state index >= 15 is 0 Å². The van der Waals surface area contributed by atoms with E-state index in [1.165, 1.54) is 19.4 Å². The van der Waals surface area contributed by atoms with Gasteiger partial charge in [-0.1, -0.05) is 29.8 Å². The van der Waals surface area contributed by atoms with Crippen molar-refractivity contribution in [1.29, 1.82) is 5.26 Å². The highest BCUT2D eigenvalue weighted by Crippen LogP contribution is 2.29. The second kappa shape index (κ2) is 11.5. The van der Waals surface area contributed by atoms with E-state index in [0.29, 0.717) is 40.2 Å². The fourth-order valence-corrected chi connectivity index (χ4v) is 2.94. The zero-order chi connectivity index (χ0) is 22.8. The Morgan fingerprint density at radius 1 is 1.09 bits per heavy atom. The van der Waals surface area contributed by atoms with Gasteiger partial charge in [0.25, 0.3) is 5.91 Å². The Kier molecular flexibility index (Phi) is 8.18. The summed E-state index contributed by atoms with van der Waals surface area (Å²) in [5.41, 5.74) is 0.576. The summed E-state index contributed by atoms with van der Waals surface area (Å²) in [7, 11) is 1.51. The Balaban J connectivity index is 1.59. The summed E-state index contributed by atoms with van der Waals surface area (Å²) in [6.45, 7) is 0.760. The van der Waals surface area contributed by atoms with Crippen LogP contribution in [0.3, 0.4) is 0 Å². The first kappa shape index (κ1) is 22.8. The van der Waals surface area contributed by atoms with Crippen LogP contribution in [0.2, 0.25) is 5.02 Å². The lowest BCUT2D eigenvalue weighted by molar-refractivity contribution is -0.117. The monoisotopic (exact) mass is 452 g/mol. The summed E-state index contributed by atoms with van der Waals surface area (Å²) in [6, 6.07) is 17.7. The Hall–Kier alpha value is -3.89. The molecule has 32 heavy (non-hydrogen) atoms. The van der Waals surface area contributed by atoms with E-state index in [9.17, 15) is 10.1 Å². The second-order valence-corrected chi connectivity index (χ2v) is 6.88. The number of nitriles is 1. The van der Waals surface area contributed by atoms with E-state index in [2.05, 4.69) is 5.32 Å². The molecule has 0 aliphatic heterocycles. The van der Waals surface area contributed by atoms with E-state index in [1.807, 2.05) is 18.2 Å². The van der Waals surface area contributed by atoms with Crippen molar-refractivity contribution in [1.82, 2.24) is 5.32 Å². The molecule has 164 valence electrons. The fourth-order valence-electron chi connectivity index (χ4n) is 2.75. The standard InChI is InChI=1S/C24H21ClN2O5/c1-29-23-14-17(13-18(15-26)24(28)27-16-19-5-4-10-30-19)8-9-22(23)32-12-11-31-21-7-3-2-6-20(21)25/h2-10,13-14H,11-12,16H2,1H3,(H,27,28)/b18-13+. The van der Waals surface area contributed by atoms with Crippen molar-refractivity contribution >= 4 is 23.6 Å². The number of methoxy groups -OCH3 is 1. The van der Waals surface area contributed by atoms with Crippen molar-refractivity contribution < 1.29 is 23.4 Å². The topological polar surface area (TPSA) is 93.7 Å². The molecule has 3 aromatic rings. The van der Waals surface area contributed by atoms with Crippen LogP contribution in [0.5, 0.6) is 17.2 Å². The van der Waals surface area contributed by atoms with Crippen LogP contribution in [0.1, 0.15) is 11.3 Å². The van der Waals surface area contributed by atoms with E-state index < -0.39 is 5.91 Å².